The van der Waals surface area contributed by atoms with Crippen molar-refractivity contribution < 1.29 is 14.2 Å². The number of nitrogen functional groups attached to an aromatic ring is 1. The van der Waals surface area contributed by atoms with E-state index in [0.29, 0.717) is 30.5 Å². The number of hydrogen-bond acceptors (Lipinski definition) is 9. The molecule has 25 heavy (non-hydrogen) atoms. The summed E-state index contributed by atoms with van der Waals surface area (Å²) >= 11 is 6.25. The molecule has 0 amide bonds. The number of nitrogens with two attached hydrogens (primary N) is 1. The number of hydrogen-bond donors (Lipinski definition) is 4. The van der Waals surface area contributed by atoms with E-state index in [9.17, 15) is 0 Å². The van der Waals surface area contributed by atoms with Crippen molar-refractivity contribution in [3.05, 3.63) is 34.8 Å². The lowest BCUT2D eigenvalue weighted by atomic mass is 10.3. The predicted octanol–water partition coefficient (Wildman–Crippen LogP) is 1.73. The molecule has 9 nitrogen and oxygen atoms in total. The molecule has 0 unspecified atom stereocenters. The molecule has 1 aliphatic heterocycles. The van der Waals surface area contributed by atoms with Crippen LogP contribution in [-0.4, -0.2) is 44.8 Å². The third kappa shape index (κ3) is 4.61. The van der Waals surface area contributed by atoms with Gasteiger partial charge in [0.1, 0.15) is 23.1 Å². The van der Waals surface area contributed by atoms with Gasteiger partial charge in [-0.05, 0) is 0 Å². The van der Waals surface area contributed by atoms with Gasteiger partial charge < -0.3 is 36.0 Å². The zero-order chi connectivity index (χ0) is 18.2. The fraction of sp³-hybridized carbons (Fsp3) is 0.267. The summed E-state index contributed by atoms with van der Waals surface area (Å²) in [5, 5.41) is 13.6. The van der Waals surface area contributed by atoms with E-state index in [4.69, 9.17) is 37.0 Å². The first-order valence-electron chi connectivity index (χ1n) is 7.27. The molecular formula is C15H19ClN6O3. The van der Waals surface area contributed by atoms with Crippen LogP contribution in [0.15, 0.2) is 34.7 Å². The number of rotatable bonds is 8. The molecule has 0 atom stereocenters. The van der Waals surface area contributed by atoms with E-state index in [1.807, 2.05) is 0 Å². The Morgan fingerprint density at radius 2 is 2.28 bits per heavy atom. The summed E-state index contributed by atoms with van der Waals surface area (Å²) < 4.78 is 15.9. The van der Waals surface area contributed by atoms with E-state index >= 15 is 0 Å². The second-order valence-electron chi connectivity index (χ2n) is 4.70. The molecule has 2 rings (SSSR count). The average molecular weight is 367 g/mol. The number of nitrogens with one attached hydrogen (secondary N) is 3. The minimum Gasteiger partial charge on any atom is -0.474 e. The molecular weight excluding hydrogens is 348 g/mol. The number of nitrogens with zero attached hydrogens (tertiary/aromatic N) is 2. The van der Waals surface area contributed by atoms with E-state index in [0.717, 1.165) is 6.21 Å². The first kappa shape index (κ1) is 18.6. The SMILES string of the molecule is CNc1c(N)ncc(O/C(C=N)=C2\C=NC(OCCOC)=CN2)c1Cl. The Labute approximate surface area is 150 Å². The third-order valence-corrected chi connectivity index (χ3v) is 3.46. The van der Waals surface area contributed by atoms with Crippen molar-refractivity contribution >= 4 is 35.5 Å². The van der Waals surface area contributed by atoms with Crippen molar-refractivity contribution in [1.29, 1.82) is 5.41 Å². The lowest BCUT2D eigenvalue weighted by Crippen LogP contribution is -2.18. The van der Waals surface area contributed by atoms with Gasteiger partial charge in [-0.1, -0.05) is 11.6 Å². The van der Waals surface area contributed by atoms with Gasteiger partial charge in [0.15, 0.2) is 11.5 Å². The minimum atomic E-state index is 0.200. The fourth-order valence-electron chi connectivity index (χ4n) is 1.86. The maximum Gasteiger partial charge on any atom is 0.230 e. The highest BCUT2D eigenvalue weighted by atomic mass is 35.5. The van der Waals surface area contributed by atoms with Gasteiger partial charge in [-0.2, -0.15) is 0 Å². The molecule has 0 saturated heterocycles. The van der Waals surface area contributed by atoms with Gasteiger partial charge in [-0.15, -0.1) is 0 Å². The van der Waals surface area contributed by atoms with Gasteiger partial charge in [0.05, 0.1) is 37.1 Å². The minimum absolute atomic E-state index is 0.200. The maximum absolute atomic E-state index is 7.56. The van der Waals surface area contributed by atoms with Crippen molar-refractivity contribution in [3.8, 4) is 5.75 Å². The first-order chi connectivity index (χ1) is 12.1. The summed E-state index contributed by atoms with van der Waals surface area (Å²) in [6, 6.07) is 0. The number of pyridine rings is 1. The van der Waals surface area contributed by atoms with Crippen LogP contribution in [0.4, 0.5) is 11.5 Å². The molecule has 0 saturated carbocycles. The summed E-state index contributed by atoms with van der Waals surface area (Å²) in [5.74, 6) is 1.11. The van der Waals surface area contributed by atoms with Gasteiger partial charge in [0.25, 0.3) is 0 Å². The lowest BCUT2D eigenvalue weighted by molar-refractivity contribution is 0.108. The summed E-state index contributed by atoms with van der Waals surface area (Å²) in [6.45, 7) is 0.842. The van der Waals surface area contributed by atoms with Gasteiger partial charge in [-0.3, -0.25) is 0 Å². The summed E-state index contributed by atoms with van der Waals surface area (Å²) in [5.41, 5.74) is 6.65. The molecule has 0 fully saturated rings. The number of allylic oxidation sites excluding steroid dienone is 2. The van der Waals surface area contributed by atoms with Gasteiger partial charge in [-0.25, -0.2) is 9.98 Å². The average Bonchev–Trinajstić information content (AvgIpc) is 2.63. The monoisotopic (exact) mass is 366 g/mol. The molecule has 134 valence electrons. The van der Waals surface area contributed by atoms with Crippen LogP contribution >= 0.6 is 11.6 Å². The van der Waals surface area contributed by atoms with Crippen LogP contribution in [0.5, 0.6) is 5.75 Å². The van der Waals surface area contributed by atoms with Gasteiger partial charge >= 0.3 is 0 Å². The molecule has 0 bridgehead atoms. The summed E-state index contributed by atoms with van der Waals surface area (Å²) in [4.78, 5) is 8.14. The van der Waals surface area contributed by atoms with Crippen LogP contribution in [0, 0.1) is 5.41 Å². The maximum atomic E-state index is 7.56. The van der Waals surface area contributed by atoms with Crippen molar-refractivity contribution in [2.75, 3.05) is 38.4 Å². The molecule has 1 aliphatic rings. The Hall–Kier alpha value is -2.78. The van der Waals surface area contributed by atoms with Gasteiger partial charge in [0, 0.05) is 14.2 Å². The third-order valence-electron chi connectivity index (χ3n) is 3.09. The molecule has 0 aromatic carbocycles. The van der Waals surface area contributed by atoms with Gasteiger partial charge in [0.2, 0.25) is 5.88 Å². The quantitative estimate of drug-likeness (QED) is 0.313. The van der Waals surface area contributed by atoms with Crippen LogP contribution in [0.25, 0.3) is 0 Å². The summed E-state index contributed by atoms with van der Waals surface area (Å²) in [7, 11) is 3.26. The van der Waals surface area contributed by atoms with Crippen molar-refractivity contribution in [2.24, 2.45) is 4.99 Å². The first-order valence-corrected chi connectivity index (χ1v) is 7.65. The van der Waals surface area contributed by atoms with Crippen molar-refractivity contribution in [1.82, 2.24) is 10.3 Å². The molecule has 0 aliphatic carbocycles. The topological polar surface area (TPSA) is 127 Å². The predicted molar refractivity (Wildman–Crippen MR) is 97.2 cm³/mol. The number of aromatic nitrogens is 1. The Bertz CT molecular complexity index is 732. The van der Waals surface area contributed by atoms with Crippen molar-refractivity contribution in [3.63, 3.8) is 0 Å². The number of halogens is 1. The highest BCUT2D eigenvalue weighted by Crippen LogP contribution is 2.35. The second kappa shape index (κ2) is 8.90. The Morgan fingerprint density at radius 3 is 2.88 bits per heavy atom. The molecule has 10 heteroatoms. The standard InChI is InChI=1S/C15H19ClN6O3/c1-19-14-13(16)11(7-22-15(14)18)25-10(5-17)9-6-21-12(8-20-9)24-4-3-23-2/h5-8,17,19-20H,3-4H2,1-2H3,(H2,18,22)/b10-9+,17-5?. The number of methoxy groups -OCH3 is 1. The van der Waals surface area contributed by atoms with Crippen LogP contribution in [0.2, 0.25) is 5.02 Å². The lowest BCUT2D eigenvalue weighted by Gasteiger charge is -2.16. The number of ether oxygens (including phenoxy) is 3. The molecule has 1 aromatic heterocycles. The normalized spacial score (nSPS) is 15.1. The summed E-state index contributed by atoms with van der Waals surface area (Å²) in [6.07, 6.45) is 5.46. The van der Waals surface area contributed by atoms with E-state index < -0.39 is 0 Å². The smallest absolute Gasteiger partial charge is 0.230 e. The van der Waals surface area contributed by atoms with E-state index in [-0.39, 0.29) is 22.3 Å². The number of anilines is 2. The Morgan fingerprint density at radius 1 is 1.48 bits per heavy atom. The highest BCUT2D eigenvalue weighted by Gasteiger charge is 2.15. The highest BCUT2D eigenvalue weighted by molar-refractivity contribution is 6.35. The molecule has 5 N–H and O–H groups in total. The van der Waals surface area contributed by atoms with Crippen LogP contribution in [-0.2, 0) is 9.47 Å². The Balaban J connectivity index is 2.15. The molecule has 0 radical (unpaired) electrons. The van der Waals surface area contributed by atoms with E-state index in [2.05, 4.69) is 20.6 Å². The van der Waals surface area contributed by atoms with Crippen molar-refractivity contribution in [2.45, 2.75) is 0 Å². The van der Waals surface area contributed by atoms with Crippen LogP contribution in [0.1, 0.15) is 0 Å². The largest absolute Gasteiger partial charge is 0.474 e. The van der Waals surface area contributed by atoms with Crippen LogP contribution < -0.4 is 21.1 Å². The molecule has 1 aromatic rings. The van der Waals surface area contributed by atoms with E-state index in [1.54, 1.807) is 20.4 Å². The van der Waals surface area contributed by atoms with Crippen LogP contribution in [0.3, 0.4) is 0 Å². The fourth-order valence-corrected chi connectivity index (χ4v) is 2.14. The molecule has 2 heterocycles. The molecule has 0 spiro atoms. The van der Waals surface area contributed by atoms with E-state index in [1.165, 1.54) is 12.4 Å². The Kier molecular flexibility index (Phi) is 6.61. The zero-order valence-corrected chi connectivity index (χ0v) is 14.6. The second-order valence-corrected chi connectivity index (χ2v) is 5.08. The zero-order valence-electron chi connectivity index (χ0n) is 13.8. The number of aliphatic imine (C=N–C) groups is 1.